The van der Waals surface area contributed by atoms with E-state index in [2.05, 4.69) is 4.99 Å². The Morgan fingerprint density at radius 2 is 2.00 bits per heavy atom. The van der Waals surface area contributed by atoms with Crippen molar-refractivity contribution in [3.8, 4) is 0 Å². The molecule has 0 unspecified atom stereocenters. The standard InChI is InChI=1S/C9H7NO2/c11-7-2-3-8-6(5-7)1-4-9(12)10-8/h2-3,5H,1,4H2. The lowest BCUT2D eigenvalue weighted by atomic mass is 9.96. The number of amides is 1. The first-order valence-corrected chi connectivity index (χ1v) is 3.80. The average Bonchev–Trinajstić information content (AvgIpc) is 2.05. The van der Waals surface area contributed by atoms with Gasteiger partial charge in [-0.2, -0.15) is 0 Å². The number of aliphatic imine (C=N–C) groups is 1. The third-order valence-corrected chi connectivity index (χ3v) is 1.90. The third-order valence-electron chi connectivity index (χ3n) is 1.90. The van der Waals surface area contributed by atoms with Crippen LogP contribution in [0.2, 0.25) is 0 Å². The molecule has 0 radical (unpaired) electrons. The number of allylic oxidation sites excluding steroid dienone is 4. The van der Waals surface area contributed by atoms with E-state index in [0.717, 1.165) is 5.57 Å². The van der Waals surface area contributed by atoms with Gasteiger partial charge in [0.2, 0.25) is 5.91 Å². The molecule has 3 nitrogen and oxygen atoms in total. The minimum absolute atomic E-state index is 0.0155. The summed E-state index contributed by atoms with van der Waals surface area (Å²) in [7, 11) is 0. The maximum atomic E-state index is 10.9. The molecule has 0 saturated heterocycles. The number of ketones is 1. The van der Waals surface area contributed by atoms with Crippen LogP contribution in [-0.2, 0) is 9.59 Å². The second kappa shape index (κ2) is 2.52. The molecule has 0 aromatic rings. The highest BCUT2D eigenvalue weighted by Crippen LogP contribution is 2.18. The largest absolute Gasteiger partial charge is 0.290 e. The van der Waals surface area contributed by atoms with Crippen LogP contribution >= 0.6 is 0 Å². The minimum atomic E-state index is -0.0962. The molecule has 0 aromatic heterocycles. The molecule has 2 aliphatic rings. The molecule has 1 aliphatic carbocycles. The highest BCUT2D eigenvalue weighted by molar-refractivity contribution is 6.22. The van der Waals surface area contributed by atoms with E-state index in [0.29, 0.717) is 18.6 Å². The van der Waals surface area contributed by atoms with E-state index < -0.39 is 0 Å². The molecular formula is C9H7NO2. The molecule has 0 bridgehead atoms. The number of carbonyl (C=O) groups excluding carboxylic acids is 2. The van der Waals surface area contributed by atoms with Gasteiger partial charge in [0.25, 0.3) is 0 Å². The maximum absolute atomic E-state index is 10.9. The summed E-state index contributed by atoms with van der Waals surface area (Å²) in [6.07, 6.45) is 5.66. The Morgan fingerprint density at radius 1 is 1.17 bits per heavy atom. The van der Waals surface area contributed by atoms with Gasteiger partial charge in [0.05, 0.1) is 5.71 Å². The summed E-state index contributed by atoms with van der Waals surface area (Å²) >= 11 is 0. The summed E-state index contributed by atoms with van der Waals surface area (Å²) in [5.74, 6) is -0.112. The van der Waals surface area contributed by atoms with Crippen LogP contribution in [-0.4, -0.2) is 17.4 Å². The van der Waals surface area contributed by atoms with Gasteiger partial charge in [-0.25, -0.2) is 4.99 Å². The predicted molar refractivity (Wildman–Crippen MR) is 43.9 cm³/mol. The first-order chi connectivity index (χ1) is 5.75. The van der Waals surface area contributed by atoms with Crippen LogP contribution in [0.1, 0.15) is 12.8 Å². The van der Waals surface area contributed by atoms with Crippen LogP contribution in [0.25, 0.3) is 0 Å². The molecule has 60 valence electrons. The Labute approximate surface area is 69.5 Å². The van der Waals surface area contributed by atoms with Gasteiger partial charge >= 0.3 is 0 Å². The van der Waals surface area contributed by atoms with Gasteiger partial charge < -0.3 is 0 Å². The molecule has 1 aliphatic heterocycles. The van der Waals surface area contributed by atoms with Crippen molar-refractivity contribution in [2.24, 2.45) is 4.99 Å². The Kier molecular flexibility index (Phi) is 1.50. The van der Waals surface area contributed by atoms with Crippen LogP contribution in [0.5, 0.6) is 0 Å². The van der Waals surface area contributed by atoms with Crippen LogP contribution in [0.4, 0.5) is 0 Å². The minimum Gasteiger partial charge on any atom is -0.290 e. The number of rotatable bonds is 0. The second-order valence-corrected chi connectivity index (χ2v) is 2.80. The van der Waals surface area contributed by atoms with E-state index in [1.165, 1.54) is 6.08 Å². The topological polar surface area (TPSA) is 46.5 Å². The van der Waals surface area contributed by atoms with E-state index in [-0.39, 0.29) is 11.7 Å². The van der Waals surface area contributed by atoms with Gasteiger partial charge in [0.15, 0.2) is 5.78 Å². The molecule has 2 rings (SSSR count). The number of hydrogen-bond acceptors (Lipinski definition) is 2. The summed E-state index contributed by atoms with van der Waals surface area (Å²) in [4.78, 5) is 25.6. The molecule has 0 spiro atoms. The van der Waals surface area contributed by atoms with Gasteiger partial charge in [-0.1, -0.05) is 0 Å². The Morgan fingerprint density at radius 3 is 2.83 bits per heavy atom. The van der Waals surface area contributed by atoms with Gasteiger partial charge in [-0.05, 0) is 30.2 Å². The van der Waals surface area contributed by atoms with Crippen LogP contribution in [0.15, 0.2) is 28.8 Å². The zero-order valence-electron chi connectivity index (χ0n) is 6.41. The lowest BCUT2D eigenvalue weighted by Gasteiger charge is -2.13. The van der Waals surface area contributed by atoms with Crippen LogP contribution in [0.3, 0.4) is 0 Å². The van der Waals surface area contributed by atoms with Crippen LogP contribution < -0.4 is 0 Å². The van der Waals surface area contributed by atoms with E-state index >= 15 is 0 Å². The normalized spacial score (nSPS) is 21.7. The Hall–Kier alpha value is -1.51. The fourth-order valence-electron chi connectivity index (χ4n) is 1.30. The lowest BCUT2D eigenvalue weighted by Crippen LogP contribution is -2.15. The van der Waals surface area contributed by atoms with Crippen molar-refractivity contribution in [3.05, 3.63) is 23.8 Å². The van der Waals surface area contributed by atoms with E-state index in [1.54, 1.807) is 12.2 Å². The fourth-order valence-corrected chi connectivity index (χ4v) is 1.30. The Balaban J connectivity index is 2.43. The quantitative estimate of drug-likeness (QED) is 0.493. The molecule has 0 N–H and O–H groups in total. The molecule has 3 heteroatoms. The van der Waals surface area contributed by atoms with Crippen molar-refractivity contribution in [1.29, 1.82) is 0 Å². The van der Waals surface area contributed by atoms with Crippen molar-refractivity contribution in [3.63, 3.8) is 0 Å². The van der Waals surface area contributed by atoms with Crippen molar-refractivity contribution >= 4 is 17.4 Å². The molecule has 0 fully saturated rings. The second-order valence-electron chi connectivity index (χ2n) is 2.80. The molecule has 0 aromatic carbocycles. The average molecular weight is 161 g/mol. The highest BCUT2D eigenvalue weighted by atomic mass is 16.1. The van der Waals surface area contributed by atoms with Gasteiger partial charge in [-0.3, -0.25) is 9.59 Å². The zero-order chi connectivity index (χ0) is 8.55. The smallest absolute Gasteiger partial charge is 0.246 e. The first-order valence-electron chi connectivity index (χ1n) is 3.80. The third kappa shape index (κ3) is 1.13. The van der Waals surface area contributed by atoms with Crippen molar-refractivity contribution in [1.82, 2.24) is 0 Å². The summed E-state index contributed by atoms with van der Waals surface area (Å²) in [6.45, 7) is 0. The number of carbonyl (C=O) groups is 2. The lowest BCUT2D eigenvalue weighted by molar-refractivity contribution is -0.118. The molecule has 0 saturated carbocycles. The van der Waals surface area contributed by atoms with Crippen LogP contribution in [0, 0.1) is 0 Å². The fraction of sp³-hybridized carbons (Fsp3) is 0.222. The monoisotopic (exact) mass is 161 g/mol. The zero-order valence-corrected chi connectivity index (χ0v) is 6.41. The summed E-state index contributed by atoms with van der Waals surface area (Å²) in [5.41, 5.74) is 1.55. The number of hydrogen-bond donors (Lipinski definition) is 0. The summed E-state index contributed by atoms with van der Waals surface area (Å²) in [6, 6.07) is 0. The molecule has 12 heavy (non-hydrogen) atoms. The van der Waals surface area contributed by atoms with Crippen molar-refractivity contribution in [2.75, 3.05) is 0 Å². The van der Waals surface area contributed by atoms with E-state index in [1.807, 2.05) is 0 Å². The first kappa shape index (κ1) is 7.16. The summed E-state index contributed by atoms with van der Waals surface area (Å²) < 4.78 is 0. The van der Waals surface area contributed by atoms with E-state index in [9.17, 15) is 9.59 Å². The highest BCUT2D eigenvalue weighted by Gasteiger charge is 2.18. The van der Waals surface area contributed by atoms with E-state index in [4.69, 9.17) is 0 Å². The van der Waals surface area contributed by atoms with Crippen molar-refractivity contribution < 1.29 is 9.59 Å². The Bertz CT molecular complexity index is 348. The molecule has 1 amide bonds. The molecule has 0 atom stereocenters. The van der Waals surface area contributed by atoms with Gasteiger partial charge in [0.1, 0.15) is 0 Å². The molecular weight excluding hydrogens is 154 g/mol. The SMILES string of the molecule is O=C1C=CC2=NC(=O)CCC2=C1. The van der Waals surface area contributed by atoms with Crippen molar-refractivity contribution in [2.45, 2.75) is 12.8 Å². The maximum Gasteiger partial charge on any atom is 0.246 e. The van der Waals surface area contributed by atoms with Gasteiger partial charge in [-0.15, -0.1) is 0 Å². The molecule has 1 heterocycles. The van der Waals surface area contributed by atoms with Gasteiger partial charge in [0, 0.05) is 6.42 Å². The number of nitrogens with zero attached hydrogens (tertiary/aromatic N) is 1. The predicted octanol–water partition coefficient (Wildman–Crippen LogP) is 0.813. The number of fused-ring (bicyclic) bond motifs is 1. The summed E-state index contributed by atoms with van der Waals surface area (Å²) in [5, 5.41) is 0.